The van der Waals surface area contributed by atoms with Gasteiger partial charge in [0.1, 0.15) is 30.5 Å². The Balaban J connectivity index is 1.61. The first-order chi connectivity index (χ1) is 19.2. The smallest absolute Gasteiger partial charge is 0.306 e. The number of halogens is 1. The van der Waals surface area contributed by atoms with Crippen LogP contribution in [0.15, 0.2) is 60.7 Å². The van der Waals surface area contributed by atoms with Gasteiger partial charge in [0, 0.05) is 11.0 Å². The Morgan fingerprint density at radius 2 is 1.85 bits per heavy atom. The van der Waals surface area contributed by atoms with Crippen LogP contribution in [0.1, 0.15) is 55.7 Å². The Labute approximate surface area is 236 Å². The molecular weight excluding hydrogens is 507 g/mol. The zero-order valence-electron chi connectivity index (χ0n) is 23.7. The van der Waals surface area contributed by atoms with E-state index in [2.05, 4.69) is 5.92 Å². The molecule has 0 aromatic heterocycles. The number of ether oxygens (including phenoxy) is 4. The number of methoxy groups -OCH3 is 2. The fraction of sp³-hybridized carbons (Fsp3) is 0.382. The molecule has 4 rings (SSSR count). The molecule has 1 atom stereocenters. The zero-order valence-corrected chi connectivity index (χ0v) is 23.7. The van der Waals surface area contributed by atoms with Gasteiger partial charge in [0.05, 0.1) is 27.2 Å². The van der Waals surface area contributed by atoms with Crippen LogP contribution in [0.3, 0.4) is 0 Å². The van der Waals surface area contributed by atoms with Crippen LogP contribution in [0.2, 0.25) is 0 Å². The molecule has 210 valence electrons. The molecule has 0 amide bonds. The monoisotopic (exact) mass is 544 g/mol. The van der Waals surface area contributed by atoms with Crippen molar-refractivity contribution >= 4 is 5.97 Å². The first-order valence-corrected chi connectivity index (χ1v) is 13.5. The molecule has 1 aliphatic rings. The largest absolute Gasteiger partial charge is 0.497 e. The molecule has 0 unspecified atom stereocenters. The maximum atomic E-state index is 15.0. The molecular formula is C34H37FO5. The Kier molecular flexibility index (Phi) is 9.50. The SMILES string of the molecule is C#CCOCC(C)(C)c1cc(COc2cccc([C@@H](CC(=O)OC)C3CC3)c2)ccc1-c1cc(OC)ccc1F. The predicted octanol–water partition coefficient (Wildman–Crippen LogP) is 7.06. The van der Waals surface area contributed by atoms with E-state index in [1.54, 1.807) is 19.2 Å². The van der Waals surface area contributed by atoms with Gasteiger partial charge < -0.3 is 18.9 Å². The Bertz CT molecular complexity index is 1370. The molecule has 0 bridgehead atoms. The fourth-order valence-corrected chi connectivity index (χ4v) is 5.08. The fourth-order valence-electron chi connectivity index (χ4n) is 5.08. The maximum Gasteiger partial charge on any atom is 0.306 e. The summed E-state index contributed by atoms with van der Waals surface area (Å²) < 4.78 is 37.3. The number of hydrogen-bond donors (Lipinski definition) is 0. The van der Waals surface area contributed by atoms with E-state index in [0.29, 0.717) is 36.9 Å². The lowest BCUT2D eigenvalue weighted by atomic mass is 9.79. The standard InChI is InChI=1S/C34H37FO5/c1-6-16-39-22-34(2,3)31-17-23(10-14-28(31)30-19-26(37-4)13-15-32(30)35)21-40-27-9-7-8-25(18-27)29(24-11-12-24)20-33(36)38-5/h1,7-10,13-15,17-19,24,29H,11-12,16,20-22H2,2-5H3/t29-/m0/s1. The van der Waals surface area contributed by atoms with Crippen LogP contribution < -0.4 is 9.47 Å². The molecule has 6 heteroatoms. The number of carbonyl (C=O) groups is 1. The third kappa shape index (κ3) is 7.22. The van der Waals surface area contributed by atoms with Gasteiger partial charge in [-0.3, -0.25) is 4.79 Å². The highest BCUT2D eigenvalue weighted by Gasteiger charge is 2.34. The highest BCUT2D eigenvalue weighted by Crippen LogP contribution is 2.45. The number of hydrogen-bond acceptors (Lipinski definition) is 5. The molecule has 1 aliphatic carbocycles. The van der Waals surface area contributed by atoms with Crippen molar-refractivity contribution in [1.82, 2.24) is 0 Å². The second kappa shape index (κ2) is 13.0. The van der Waals surface area contributed by atoms with Gasteiger partial charge >= 0.3 is 5.97 Å². The first-order valence-electron chi connectivity index (χ1n) is 13.5. The second-order valence-electron chi connectivity index (χ2n) is 10.9. The summed E-state index contributed by atoms with van der Waals surface area (Å²) in [6, 6.07) is 18.6. The van der Waals surface area contributed by atoms with E-state index in [0.717, 1.165) is 40.8 Å². The summed E-state index contributed by atoms with van der Waals surface area (Å²) >= 11 is 0. The van der Waals surface area contributed by atoms with E-state index in [9.17, 15) is 4.79 Å². The van der Waals surface area contributed by atoms with Crippen LogP contribution in [-0.4, -0.2) is 33.4 Å². The molecule has 0 N–H and O–H groups in total. The average Bonchev–Trinajstić information content (AvgIpc) is 3.80. The van der Waals surface area contributed by atoms with Crippen LogP contribution in [0, 0.1) is 24.1 Å². The summed E-state index contributed by atoms with van der Waals surface area (Å²) in [6.45, 7) is 4.99. The van der Waals surface area contributed by atoms with Gasteiger partial charge in [0.15, 0.2) is 0 Å². The van der Waals surface area contributed by atoms with Crippen molar-refractivity contribution in [3.05, 3.63) is 83.2 Å². The molecule has 0 saturated heterocycles. The summed E-state index contributed by atoms with van der Waals surface area (Å²) in [6.07, 6.45) is 8.00. The molecule has 1 fully saturated rings. The van der Waals surface area contributed by atoms with E-state index in [1.807, 2.05) is 56.3 Å². The summed E-state index contributed by atoms with van der Waals surface area (Å²) in [5.74, 6) is 3.91. The molecule has 3 aromatic carbocycles. The van der Waals surface area contributed by atoms with Gasteiger partial charge in [-0.05, 0) is 77.3 Å². The minimum atomic E-state index is -0.469. The van der Waals surface area contributed by atoms with Crippen molar-refractivity contribution in [2.45, 2.75) is 51.0 Å². The third-order valence-electron chi connectivity index (χ3n) is 7.42. The first kappa shape index (κ1) is 29.2. The number of terminal acetylenes is 1. The van der Waals surface area contributed by atoms with Crippen molar-refractivity contribution in [2.24, 2.45) is 5.92 Å². The predicted molar refractivity (Wildman–Crippen MR) is 154 cm³/mol. The average molecular weight is 545 g/mol. The summed E-state index contributed by atoms with van der Waals surface area (Å²) in [4.78, 5) is 12.0. The van der Waals surface area contributed by atoms with Crippen LogP contribution in [0.4, 0.5) is 4.39 Å². The lowest BCUT2D eigenvalue weighted by Gasteiger charge is -2.28. The van der Waals surface area contributed by atoms with Gasteiger partial charge in [-0.1, -0.05) is 50.1 Å². The minimum Gasteiger partial charge on any atom is -0.497 e. The quantitative estimate of drug-likeness (QED) is 0.131. The highest BCUT2D eigenvalue weighted by atomic mass is 19.1. The molecule has 0 spiro atoms. The maximum absolute atomic E-state index is 15.0. The molecule has 3 aromatic rings. The van der Waals surface area contributed by atoms with Crippen molar-refractivity contribution in [3.63, 3.8) is 0 Å². The summed E-state index contributed by atoms with van der Waals surface area (Å²) in [7, 11) is 2.99. The number of benzene rings is 3. The number of esters is 1. The van der Waals surface area contributed by atoms with E-state index < -0.39 is 5.41 Å². The molecule has 40 heavy (non-hydrogen) atoms. The van der Waals surface area contributed by atoms with Crippen molar-refractivity contribution < 1.29 is 28.1 Å². The number of carbonyl (C=O) groups excluding carboxylic acids is 1. The molecule has 0 radical (unpaired) electrons. The molecule has 0 aliphatic heterocycles. The Hall–Kier alpha value is -3.82. The normalized spacial score (nSPS) is 13.8. The van der Waals surface area contributed by atoms with Gasteiger partial charge in [-0.2, -0.15) is 0 Å². The van der Waals surface area contributed by atoms with Gasteiger partial charge in [-0.25, -0.2) is 4.39 Å². The minimum absolute atomic E-state index is 0.128. The van der Waals surface area contributed by atoms with Crippen molar-refractivity contribution in [1.29, 1.82) is 0 Å². The van der Waals surface area contributed by atoms with Gasteiger partial charge in [0.25, 0.3) is 0 Å². The molecule has 1 saturated carbocycles. The van der Waals surface area contributed by atoms with Crippen LogP contribution in [-0.2, 0) is 26.3 Å². The van der Waals surface area contributed by atoms with Gasteiger partial charge in [0.2, 0.25) is 0 Å². The second-order valence-corrected chi connectivity index (χ2v) is 10.9. The lowest BCUT2D eigenvalue weighted by Crippen LogP contribution is -2.26. The van der Waals surface area contributed by atoms with Crippen LogP contribution >= 0.6 is 0 Å². The molecule has 0 heterocycles. The third-order valence-corrected chi connectivity index (χ3v) is 7.42. The van der Waals surface area contributed by atoms with Crippen LogP contribution in [0.5, 0.6) is 11.5 Å². The van der Waals surface area contributed by atoms with E-state index in [1.165, 1.54) is 13.2 Å². The topological polar surface area (TPSA) is 54.0 Å². The van der Waals surface area contributed by atoms with E-state index in [4.69, 9.17) is 25.4 Å². The van der Waals surface area contributed by atoms with Gasteiger partial charge in [-0.15, -0.1) is 6.42 Å². The lowest BCUT2D eigenvalue weighted by molar-refractivity contribution is -0.141. The summed E-state index contributed by atoms with van der Waals surface area (Å²) in [5, 5.41) is 0. The van der Waals surface area contributed by atoms with Crippen LogP contribution in [0.25, 0.3) is 11.1 Å². The van der Waals surface area contributed by atoms with E-state index in [-0.39, 0.29) is 24.3 Å². The van der Waals surface area contributed by atoms with Crippen molar-refractivity contribution in [2.75, 3.05) is 27.4 Å². The number of rotatable bonds is 13. The Morgan fingerprint density at radius 3 is 2.55 bits per heavy atom. The summed E-state index contributed by atoms with van der Waals surface area (Å²) in [5.41, 5.74) is 3.68. The molecule has 5 nitrogen and oxygen atoms in total. The van der Waals surface area contributed by atoms with E-state index >= 15 is 4.39 Å². The Morgan fingerprint density at radius 1 is 1.05 bits per heavy atom. The zero-order chi connectivity index (χ0) is 28.7. The van der Waals surface area contributed by atoms with Crippen molar-refractivity contribution in [3.8, 4) is 35.0 Å². The highest BCUT2D eigenvalue weighted by molar-refractivity contribution is 5.72.